The summed E-state index contributed by atoms with van der Waals surface area (Å²) in [7, 11) is -3.79. The normalized spacial score (nSPS) is 25.4. The molecule has 0 radical (unpaired) electrons. The summed E-state index contributed by atoms with van der Waals surface area (Å²) in [5.41, 5.74) is 0.120. The number of carbonyl (C=O) groups excluding carboxylic acids is 1. The minimum absolute atomic E-state index is 0.0482. The van der Waals surface area contributed by atoms with E-state index in [1.54, 1.807) is 0 Å². The summed E-state index contributed by atoms with van der Waals surface area (Å²) in [6, 6.07) is 1.99. The molecule has 1 unspecified atom stereocenters. The van der Waals surface area contributed by atoms with Crippen LogP contribution in [-0.2, 0) is 21.4 Å². The highest BCUT2D eigenvalue weighted by molar-refractivity contribution is 9.10. The molecule has 0 bridgehead atoms. The van der Waals surface area contributed by atoms with Gasteiger partial charge in [0.2, 0.25) is 15.9 Å². The maximum Gasteiger partial charge on any atom is 0.244 e. The Labute approximate surface area is 118 Å². The zero-order chi connectivity index (χ0) is 13.8. The van der Waals surface area contributed by atoms with Crippen molar-refractivity contribution in [1.82, 2.24) is 9.62 Å². The molecular weight excluding hydrogens is 339 g/mol. The van der Waals surface area contributed by atoms with Gasteiger partial charge in [-0.15, -0.1) is 0 Å². The molecule has 1 atom stereocenters. The molecule has 0 spiro atoms. The largest absolute Gasteiger partial charge is 0.355 e. The predicted molar refractivity (Wildman–Crippen MR) is 68.2 cm³/mol. The van der Waals surface area contributed by atoms with E-state index in [4.69, 9.17) is 0 Å². The third kappa shape index (κ3) is 1.81. The van der Waals surface area contributed by atoms with Crippen molar-refractivity contribution in [3.8, 4) is 0 Å². The van der Waals surface area contributed by atoms with Crippen LogP contribution < -0.4 is 5.32 Å². The monoisotopic (exact) mass is 348 g/mol. The van der Waals surface area contributed by atoms with Gasteiger partial charge < -0.3 is 5.32 Å². The zero-order valence-electron chi connectivity index (χ0n) is 9.69. The van der Waals surface area contributed by atoms with Gasteiger partial charge in [0.15, 0.2) is 0 Å². The van der Waals surface area contributed by atoms with Crippen LogP contribution in [0, 0.1) is 5.82 Å². The lowest BCUT2D eigenvalue weighted by Crippen LogP contribution is -2.40. The fourth-order valence-electron chi connectivity index (χ4n) is 2.46. The molecule has 5 nitrogen and oxygen atoms in total. The highest BCUT2D eigenvalue weighted by Gasteiger charge is 2.44. The van der Waals surface area contributed by atoms with E-state index < -0.39 is 21.9 Å². The van der Waals surface area contributed by atoms with E-state index in [0.717, 1.165) is 4.31 Å². The number of rotatable bonds is 1. The number of hydrogen-bond donors (Lipinski definition) is 1. The summed E-state index contributed by atoms with van der Waals surface area (Å²) in [5, 5.41) is 2.59. The molecule has 2 aliphatic heterocycles. The van der Waals surface area contributed by atoms with E-state index in [1.807, 2.05) is 0 Å². The average Bonchev–Trinajstić information content (AvgIpc) is 2.86. The Bertz CT molecular complexity index is 677. The molecule has 1 fully saturated rings. The predicted octanol–water partition coefficient (Wildman–Crippen LogP) is 0.981. The standard InChI is InChI=1S/C11H10BrFN2O3S/c12-7-1-2-9-6(10(7)13)5-15(19(9,17)18)8-3-4-14-11(8)16/h1-2,8H,3-5H2,(H,14,16). The molecule has 0 aliphatic carbocycles. The maximum atomic E-state index is 14.0. The molecule has 0 saturated carbocycles. The van der Waals surface area contributed by atoms with Crippen molar-refractivity contribution in [2.24, 2.45) is 0 Å². The Morgan fingerprint density at radius 3 is 2.79 bits per heavy atom. The smallest absolute Gasteiger partial charge is 0.244 e. The van der Waals surface area contributed by atoms with Crippen molar-refractivity contribution in [3.63, 3.8) is 0 Å². The molecule has 0 aromatic heterocycles. The van der Waals surface area contributed by atoms with Gasteiger partial charge in [-0.05, 0) is 34.5 Å². The van der Waals surface area contributed by atoms with Crippen LogP contribution in [0.3, 0.4) is 0 Å². The number of nitrogens with zero attached hydrogens (tertiary/aromatic N) is 1. The van der Waals surface area contributed by atoms with Crippen LogP contribution in [0.2, 0.25) is 0 Å². The highest BCUT2D eigenvalue weighted by Crippen LogP contribution is 2.37. The SMILES string of the molecule is O=C1NCCC1N1Cc2c(ccc(Br)c2F)S1(=O)=O. The van der Waals surface area contributed by atoms with Gasteiger partial charge in [-0.2, -0.15) is 4.31 Å². The second kappa shape index (κ2) is 4.26. The Kier molecular flexibility index (Phi) is 2.91. The molecule has 2 aliphatic rings. The van der Waals surface area contributed by atoms with Crippen molar-refractivity contribution in [2.45, 2.75) is 23.9 Å². The molecule has 2 heterocycles. The molecule has 102 valence electrons. The molecular formula is C11H10BrFN2O3S. The summed E-state index contributed by atoms with van der Waals surface area (Å²) >= 11 is 3.03. The van der Waals surface area contributed by atoms with Gasteiger partial charge in [0, 0.05) is 18.7 Å². The number of benzene rings is 1. The zero-order valence-corrected chi connectivity index (χ0v) is 12.1. The maximum absolute atomic E-state index is 14.0. The lowest BCUT2D eigenvalue weighted by atomic mass is 10.2. The fraction of sp³-hybridized carbons (Fsp3) is 0.364. The van der Waals surface area contributed by atoms with Crippen molar-refractivity contribution in [1.29, 1.82) is 0 Å². The topological polar surface area (TPSA) is 66.5 Å². The van der Waals surface area contributed by atoms with Crippen molar-refractivity contribution < 1.29 is 17.6 Å². The van der Waals surface area contributed by atoms with E-state index in [2.05, 4.69) is 21.2 Å². The first-order valence-electron chi connectivity index (χ1n) is 5.69. The summed E-state index contributed by atoms with van der Waals surface area (Å²) < 4.78 is 40.0. The third-order valence-electron chi connectivity index (χ3n) is 3.42. The van der Waals surface area contributed by atoms with E-state index in [-0.39, 0.29) is 27.4 Å². The van der Waals surface area contributed by atoms with Gasteiger partial charge in [0.1, 0.15) is 11.9 Å². The molecule has 1 aromatic rings. The number of carbonyl (C=O) groups is 1. The third-order valence-corrected chi connectivity index (χ3v) is 5.97. The summed E-state index contributed by atoms with van der Waals surface area (Å²) in [4.78, 5) is 11.6. The lowest BCUT2D eigenvalue weighted by molar-refractivity contribution is -0.122. The van der Waals surface area contributed by atoms with Gasteiger partial charge in [0.25, 0.3) is 0 Å². The Morgan fingerprint density at radius 1 is 1.42 bits per heavy atom. The second-order valence-corrected chi connectivity index (χ2v) is 7.20. The van der Waals surface area contributed by atoms with Crippen LogP contribution >= 0.6 is 15.9 Å². The first-order chi connectivity index (χ1) is 8.93. The Balaban J connectivity index is 2.10. The lowest BCUT2D eigenvalue weighted by Gasteiger charge is -2.19. The summed E-state index contributed by atoms with van der Waals surface area (Å²) in [5.74, 6) is -0.905. The number of sulfonamides is 1. The van der Waals surface area contributed by atoms with Gasteiger partial charge in [0.05, 0.1) is 9.37 Å². The van der Waals surface area contributed by atoms with Crippen LogP contribution in [0.4, 0.5) is 4.39 Å². The minimum Gasteiger partial charge on any atom is -0.355 e. The molecule has 19 heavy (non-hydrogen) atoms. The molecule has 8 heteroatoms. The second-order valence-electron chi connectivity index (χ2n) is 4.48. The number of nitrogens with one attached hydrogen (secondary N) is 1. The fourth-order valence-corrected chi connectivity index (χ4v) is 4.63. The van der Waals surface area contributed by atoms with Crippen molar-refractivity contribution in [2.75, 3.05) is 6.54 Å². The van der Waals surface area contributed by atoms with Crippen LogP contribution in [0.15, 0.2) is 21.5 Å². The quantitative estimate of drug-likeness (QED) is 0.822. The first kappa shape index (κ1) is 13.0. The molecule has 1 N–H and O–H groups in total. The summed E-state index contributed by atoms with van der Waals surface area (Å²) in [6.07, 6.45) is 0.412. The van der Waals surface area contributed by atoms with Gasteiger partial charge >= 0.3 is 0 Å². The van der Waals surface area contributed by atoms with E-state index in [9.17, 15) is 17.6 Å². The van der Waals surface area contributed by atoms with Gasteiger partial charge in [-0.3, -0.25) is 4.79 Å². The van der Waals surface area contributed by atoms with E-state index in [0.29, 0.717) is 13.0 Å². The number of amides is 1. The van der Waals surface area contributed by atoms with Crippen LogP contribution in [0.25, 0.3) is 0 Å². The molecule has 1 aromatic carbocycles. The number of halogens is 2. The average molecular weight is 349 g/mol. The summed E-state index contributed by atoms with van der Waals surface area (Å²) in [6.45, 7) is 0.346. The van der Waals surface area contributed by atoms with E-state index >= 15 is 0 Å². The van der Waals surface area contributed by atoms with Crippen LogP contribution in [-0.4, -0.2) is 31.2 Å². The van der Waals surface area contributed by atoms with Crippen molar-refractivity contribution >= 4 is 31.9 Å². The number of hydrogen-bond acceptors (Lipinski definition) is 3. The molecule has 3 rings (SSSR count). The Morgan fingerprint density at radius 2 is 2.16 bits per heavy atom. The van der Waals surface area contributed by atoms with Gasteiger partial charge in [-0.1, -0.05) is 0 Å². The molecule has 1 saturated heterocycles. The van der Waals surface area contributed by atoms with Crippen LogP contribution in [0.1, 0.15) is 12.0 Å². The number of fused-ring (bicyclic) bond motifs is 1. The highest BCUT2D eigenvalue weighted by atomic mass is 79.9. The van der Waals surface area contributed by atoms with Crippen LogP contribution in [0.5, 0.6) is 0 Å². The first-order valence-corrected chi connectivity index (χ1v) is 7.92. The van der Waals surface area contributed by atoms with Gasteiger partial charge in [-0.25, -0.2) is 12.8 Å². The minimum atomic E-state index is -3.79. The molecule has 1 amide bonds. The van der Waals surface area contributed by atoms with E-state index in [1.165, 1.54) is 12.1 Å². The van der Waals surface area contributed by atoms with Crippen molar-refractivity contribution in [3.05, 3.63) is 28.0 Å². The Hall–Kier alpha value is -0.990.